The average molecular weight is 715 g/mol. The quantitative estimate of drug-likeness (QED) is 0.0443. The SMILES string of the molecule is COCCOCCOCCOCCOCCSC(=O)CCS.COCCOCCOCCOCCOCC[SH]=C(O)CCS. The Morgan fingerprint density at radius 2 is 0.886 bits per heavy atom. The molecule has 0 unspecified atom stereocenters. The Kier molecular flexibility index (Phi) is 46.1. The molecule has 0 atom stereocenters. The summed E-state index contributed by atoms with van der Waals surface area (Å²) in [5.74, 6) is 2.75. The normalized spacial score (nSPS) is 11.7. The van der Waals surface area contributed by atoms with Gasteiger partial charge in [0.25, 0.3) is 0 Å². The highest BCUT2D eigenvalue weighted by atomic mass is 32.2. The van der Waals surface area contributed by atoms with Crippen LogP contribution in [0, 0.1) is 0 Å². The van der Waals surface area contributed by atoms with E-state index in [9.17, 15) is 9.90 Å². The monoisotopic (exact) mass is 714 g/mol. The van der Waals surface area contributed by atoms with Crippen LogP contribution in [0.25, 0.3) is 0 Å². The average Bonchev–Trinajstić information content (AvgIpc) is 3.01. The van der Waals surface area contributed by atoms with Crippen molar-refractivity contribution in [1.29, 1.82) is 0 Å². The predicted octanol–water partition coefficient (Wildman–Crippen LogP) is 2.45. The molecular weight excluding hydrogens is 657 g/mol. The summed E-state index contributed by atoms with van der Waals surface area (Å²) < 4.78 is 52.3. The fraction of sp³-hybridized carbons (Fsp3) is 0.929. The Morgan fingerprint density at radius 3 is 1.25 bits per heavy atom. The third-order valence-electron chi connectivity index (χ3n) is 4.77. The van der Waals surface area contributed by atoms with Crippen LogP contribution in [-0.4, -0.2) is 171 Å². The number of hydrogen-bond acceptors (Lipinski definition) is 14. The zero-order valence-electron chi connectivity index (χ0n) is 26.7. The minimum Gasteiger partial charge on any atom is -0.382 e. The van der Waals surface area contributed by atoms with E-state index >= 15 is 0 Å². The molecule has 0 saturated heterocycles. The molecule has 0 aliphatic carbocycles. The second-order valence-electron chi connectivity index (χ2n) is 8.35. The third kappa shape index (κ3) is 44.6. The molecule has 0 bridgehead atoms. The van der Waals surface area contributed by atoms with Gasteiger partial charge in [-0.25, -0.2) is 0 Å². The first-order valence-corrected chi connectivity index (χ1v) is 18.1. The van der Waals surface area contributed by atoms with E-state index in [0.29, 0.717) is 154 Å². The van der Waals surface area contributed by atoms with E-state index in [-0.39, 0.29) is 5.12 Å². The minimum absolute atomic E-state index is 0.165. The molecule has 0 aromatic rings. The van der Waals surface area contributed by atoms with E-state index in [0.717, 1.165) is 17.1 Å². The van der Waals surface area contributed by atoms with Crippen LogP contribution in [0.4, 0.5) is 0 Å². The van der Waals surface area contributed by atoms with Crippen LogP contribution in [0.2, 0.25) is 0 Å². The summed E-state index contributed by atoms with van der Waals surface area (Å²) in [6.07, 6.45) is 1.15. The molecule has 44 heavy (non-hydrogen) atoms. The molecule has 0 heterocycles. The first-order valence-electron chi connectivity index (χ1n) is 14.8. The van der Waals surface area contributed by atoms with Gasteiger partial charge in [0.1, 0.15) is 0 Å². The summed E-state index contributed by atoms with van der Waals surface area (Å²) in [6.45, 7) is 10.2. The molecule has 0 spiro atoms. The van der Waals surface area contributed by atoms with Crippen molar-refractivity contribution >= 4 is 58.5 Å². The molecule has 0 aromatic heterocycles. The summed E-state index contributed by atoms with van der Waals surface area (Å²) in [5.41, 5.74) is 0. The van der Waals surface area contributed by atoms with Gasteiger partial charge in [-0.2, -0.15) is 36.6 Å². The van der Waals surface area contributed by atoms with Gasteiger partial charge in [0.15, 0.2) is 5.12 Å². The molecule has 0 saturated carbocycles. The van der Waals surface area contributed by atoms with Gasteiger partial charge in [-0.1, -0.05) is 11.8 Å². The zero-order valence-corrected chi connectivity index (χ0v) is 30.2. The van der Waals surface area contributed by atoms with Crippen molar-refractivity contribution in [3.8, 4) is 0 Å². The molecule has 0 amide bonds. The van der Waals surface area contributed by atoms with E-state index in [2.05, 4.69) is 25.3 Å². The lowest BCUT2D eigenvalue weighted by Crippen LogP contribution is -2.13. The van der Waals surface area contributed by atoms with E-state index in [1.807, 2.05) is 0 Å². The number of carbonyl (C=O) groups excluding carboxylic acids is 1. The molecule has 1 N–H and O–H groups in total. The van der Waals surface area contributed by atoms with E-state index < -0.39 is 0 Å². The van der Waals surface area contributed by atoms with Gasteiger partial charge in [-0.3, -0.25) is 4.79 Å². The maximum absolute atomic E-state index is 11.2. The van der Waals surface area contributed by atoms with Crippen LogP contribution < -0.4 is 0 Å². The first-order chi connectivity index (χ1) is 21.6. The van der Waals surface area contributed by atoms with Crippen LogP contribution in [0.15, 0.2) is 0 Å². The smallest absolute Gasteiger partial charge is 0.189 e. The lowest BCUT2D eigenvalue weighted by atomic mass is 10.5. The van der Waals surface area contributed by atoms with Crippen molar-refractivity contribution in [2.75, 3.05) is 156 Å². The molecular formula is C28H58O12S4. The van der Waals surface area contributed by atoms with Crippen LogP contribution >= 0.6 is 48.4 Å². The van der Waals surface area contributed by atoms with Gasteiger partial charge >= 0.3 is 0 Å². The predicted molar refractivity (Wildman–Crippen MR) is 186 cm³/mol. The zero-order chi connectivity index (χ0) is 32.6. The minimum atomic E-state index is 0.165. The van der Waals surface area contributed by atoms with Crippen LogP contribution in [0.1, 0.15) is 12.8 Å². The number of carbonyl (C=O) groups is 1. The molecule has 0 aliphatic rings. The number of aliphatic hydroxyl groups excluding tert-OH is 1. The molecule has 0 fully saturated rings. The Balaban J connectivity index is 0. The summed E-state index contributed by atoms with van der Waals surface area (Å²) in [6, 6.07) is 0. The molecule has 266 valence electrons. The number of ether oxygens (including phenoxy) is 10. The van der Waals surface area contributed by atoms with Crippen molar-refractivity contribution in [1.82, 2.24) is 0 Å². The molecule has 12 nitrogen and oxygen atoms in total. The fourth-order valence-corrected chi connectivity index (χ4v) is 4.77. The van der Waals surface area contributed by atoms with Crippen molar-refractivity contribution in [2.45, 2.75) is 12.8 Å². The van der Waals surface area contributed by atoms with E-state index in [4.69, 9.17) is 47.4 Å². The second-order valence-corrected chi connectivity index (χ2v) is 11.7. The number of rotatable bonds is 34. The Hall–Kier alpha value is 0.500. The van der Waals surface area contributed by atoms with Crippen LogP contribution in [0.5, 0.6) is 0 Å². The van der Waals surface area contributed by atoms with Gasteiger partial charge < -0.3 is 52.5 Å². The maximum Gasteiger partial charge on any atom is 0.189 e. The van der Waals surface area contributed by atoms with E-state index in [1.54, 1.807) is 14.2 Å². The first kappa shape index (κ1) is 46.6. The maximum atomic E-state index is 11.2. The standard InChI is InChI=1S/C14H30O6S2.C14H28O6S2/c2*1-16-3-4-17-5-6-18-7-8-19-9-10-20-11-13-22-14(15)2-12-21/h15,21-22H,2-13H2,1H3;21H,2-13H2,1H3. The van der Waals surface area contributed by atoms with Gasteiger partial charge in [-0.05, 0) is 11.5 Å². The van der Waals surface area contributed by atoms with Gasteiger partial charge in [0.2, 0.25) is 0 Å². The fourth-order valence-electron chi connectivity index (χ4n) is 2.60. The Morgan fingerprint density at radius 1 is 0.545 bits per heavy atom. The number of thiol groups is 3. The summed E-state index contributed by atoms with van der Waals surface area (Å²) in [7, 11) is 3.29. The largest absolute Gasteiger partial charge is 0.382 e. The Labute approximate surface area is 283 Å². The lowest BCUT2D eigenvalue weighted by Gasteiger charge is -2.07. The molecule has 0 aliphatic heterocycles. The number of thioether (sulfide) groups is 1. The lowest BCUT2D eigenvalue weighted by molar-refractivity contribution is -0.110. The third-order valence-corrected chi connectivity index (χ3v) is 7.11. The van der Waals surface area contributed by atoms with Crippen LogP contribution in [-0.2, 0) is 52.2 Å². The number of aliphatic hydroxyl groups is 1. The van der Waals surface area contributed by atoms with Gasteiger partial charge in [0.05, 0.1) is 124 Å². The van der Waals surface area contributed by atoms with Crippen molar-refractivity contribution < 1.29 is 57.3 Å². The molecule has 0 aromatic carbocycles. The van der Waals surface area contributed by atoms with E-state index in [1.165, 1.54) is 11.8 Å². The number of methoxy groups -OCH3 is 2. The van der Waals surface area contributed by atoms with Crippen LogP contribution in [0.3, 0.4) is 0 Å². The summed E-state index contributed by atoms with van der Waals surface area (Å²) in [4.78, 5) is 11.2. The summed E-state index contributed by atoms with van der Waals surface area (Å²) in [5, 5.41) is 10.0. The summed E-state index contributed by atoms with van der Waals surface area (Å²) >= 11 is 10.3. The van der Waals surface area contributed by atoms with Crippen molar-refractivity contribution in [3.63, 3.8) is 0 Å². The molecule has 16 heteroatoms. The van der Waals surface area contributed by atoms with Gasteiger partial charge in [-0.15, -0.1) is 0 Å². The highest BCUT2D eigenvalue weighted by Crippen LogP contribution is 2.05. The Bertz CT molecular complexity index is 595. The van der Waals surface area contributed by atoms with Crippen molar-refractivity contribution in [2.24, 2.45) is 0 Å². The highest BCUT2D eigenvalue weighted by molar-refractivity contribution is 8.13. The molecule has 0 rings (SSSR count). The second kappa shape index (κ2) is 43.5. The molecule has 0 radical (unpaired) electrons. The number of hydrogen-bond donors (Lipinski definition) is 4. The van der Waals surface area contributed by atoms with Crippen molar-refractivity contribution in [3.05, 3.63) is 0 Å². The topological polar surface area (TPSA) is 130 Å². The highest BCUT2D eigenvalue weighted by Gasteiger charge is 2.00. The van der Waals surface area contributed by atoms with Gasteiger partial charge in [0, 0.05) is 38.6 Å².